The monoisotopic (exact) mass is 765 g/mol. The van der Waals surface area contributed by atoms with Crippen molar-refractivity contribution >= 4 is 16.4 Å². The Bertz CT molecular complexity index is 1230. The van der Waals surface area contributed by atoms with Crippen molar-refractivity contribution in [1.29, 1.82) is 0 Å². The van der Waals surface area contributed by atoms with Crippen molar-refractivity contribution in [3.05, 3.63) is 89.5 Å². The molecule has 2 N–H and O–H groups in total. The molecule has 298 valence electrons. The minimum absolute atomic E-state index is 0.747. The molecule has 0 radical (unpaired) electrons. The average Bonchev–Trinajstić information content (AvgIpc) is 3.16. The number of hydrogen-bond donors (Lipinski definition) is 2. The summed E-state index contributed by atoms with van der Waals surface area (Å²) in [6.45, 7) is 2.13. The van der Waals surface area contributed by atoms with Gasteiger partial charge in [0.05, 0.1) is 0 Å². The van der Waals surface area contributed by atoms with Gasteiger partial charge in [0.15, 0.2) is 0 Å². The van der Waals surface area contributed by atoms with Gasteiger partial charge in [0.2, 0.25) is 0 Å². The van der Waals surface area contributed by atoms with Crippen LogP contribution in [-0.2, 0) is 23.8 Å². The molecule has 0 unspecified atom stereocenters. The molecule has 0 fully saturated rings. The fraction of sp³-hybridized carbons (Fsp3) is 0.625. The first kappa shape index (κ1) is 45.5. The van der Waals surface area contributed by atoms with Crippen LogP contribution in [0.25, 0.3) is 0 Å². The maximum Gasteiger partial charge on any atom is 0.378 e. The summed E-state index contributed by atoms with van der Waals surface area (Å²) >= 11 is 0. The van der Waals surface area contributed by atoms with E-state index in [1.165, 1.54) is 152 Å². The number of hydrogen-bond acceptors (Lipinski definition) is 1. The molecule has 5 heteroatoms. The van der Waals surface area contributed by atoms with Gasteiger partial charge >= 0.3 is 6.80 Å². The number of rotatable bonds is 31. The topological polar surface area (TPSA) is 57.5 Å². The summed E-state index contributed by atoms with van der Waals surface area (Å²) in [5.74, 6) is 0. The standard InChI is InChI=1S/C48H77O3PS/c1-4-7-10-13-16-19-22-25-28-43-31-37-46(38-32-43)53(52(49,50)51,47-39-33-44(34-40-47)29-26-23-20-17-14-11-8-5-2)48-41-35-45(36-42-48)30-27-24-21-18-15-12-9-6-3/h31-42H,4-30H2,1-3H3,(H2,49,50,51). The molecule has 0 heterocycles. The first-order valence-electron chi connectivity index (χ1n) is 22.0. The Morgan fingerprint density at radius 2 is 0.566 bits per heavy atom. The largest absolute Gasteiger partial charge is 0.378 e. The molecular weight excluding hydrogens is 688 g/mol. The molecule has 0 aliphatic heterocycles. The Kier molecular flexibility index (Phi) is 23.1. The molecule has 0 aromatic heterocycles. The molecule has 0 aliphatic carbocycles. The molecule has 3 rings (SSSR count). The van der Waals surface area contributed by atoms with Gasteiger partial charge in [0.1, 0.15) is 0 Å². The van der Waals surface area contributed by atoms with Crippen molar-refractivity contribution in [2.45, 2.75) is 209 Å². The fourth-order valence-corrected chi connectivity index (χ4v) is 14.6. The molecule has 0 amide bonds. The zero-order valence-electron chi connectivity index (χ0n) is 34.2. The van der Waals surface area contributed by atoms with Gasteiger partial charge in [-0.25, -0.2) is 4.57 Å². The smallest absolute Gasteiger partial charge is 0.317 e. The average molecular weight is 765 g/mol. The lowest BCUT2D eigenvalue weighted by Gasteiger charge is -2.41. The Morgan fingerprint density at radius 3 is 0.774 bits per heavy atom. The SMILES string of the molecule is CCCCCCCCCCc1ccc(S(c2ccc(CCCCCCCCCC)cc2)(c2ccc(CCCCCCCCCC)cc2)P(=O)(O)O)cc1. The van der Waals surface area contributed by atoms with Gasteiger partial charge in [-0.1, -0.05) is 202 Å². The van der Waals surface area contributed by atoms with Crippen LogP contribution in [-0.4, -0.2) is 9.79 Å². The molecule has 3 nitrogen and oxygen atoms in total. The lowest BCUT2D eigenvalue weighted by molar-refractivity contribution is 0.395. The van der Waals surface area contributed by atoms with Crippen molar-refractivity contribution in [1.82, 2.24) is 0 Å². The summed E-state index contributed by atoms with van der Waals surface area (Å²) < 4.78 is 14.1. The summed E-state index contributed by atoms with van der Waals surface area (Å²) in [4.78, 5) is 25.2. The number of benzene rings is 3. The molecular formula is C48H77O3PS. The second kappa shape index (κ2) is 26.9. The van der Waals surface area contributed by atoms with Crippen molar-refractivity contribution < 1.29 is 14.4 Å². The molecule has 53 heavy (non-hydrogen) atoms. The van der Waals surface area contributed by atoms with Gasteiger partial charge < -0.3 is 9.79 Å². The lowest BCUT2D eigenvalue weighted by Crippen LogP contribution is -2.06. The maximum atomic E-state index is 14.1. The Labute approximate surface area is 327 Å². The van der Waals surface area contributed by atoms with Crippen LogP contribution in [0.4, 0.5) is 0 Å². The quantitative estimate of drug-likeness (QED) is 0.0507. The Morgan fingerprint density at radius 1 is 0.358 bits per heavy atom. The third-order valence-corrected chi connectivity index (χ3v) is 18.7. The summed E-state index contributed by atoms with van der Waals surface area (Å²) in [5.41, 5.74) is 3.75. The zero-order valence-corrected chi connectivity index (χ0v) is 35.9. The normalized spacial score (nSPS) is 12.4. The molecule has 0 bridgehead atoms. The maximum absolute atomic E-state index is 14.1. The van der Waals surface area contributed by atoms with Crippen molar-refractivity contribution in [2.24, 2.45) is 0 Å². The minimum atomic E-state index is -4.66. The van der Waals surface area contributed by atoms with E-state index in [9.17, 15) is 14.4 Å². The highest BCUT2D eigenvalue weighted by Crippen LogP contribution is 2.88. The molecule has 0 aliphatic rings. The molecule has 0 spiro atoms. The van der Waals surface area contributed by atoms with Gasteiger partial charge in [-0.3, -0.25) is 0 Å². The van der Waals surface area contributed by atoms with E-state index in [-0.39, 0.29) is 0 Å². The summed E-state index contributed by atoms with van der Waals surface area (Å²) in [6.07, 6.45) is 34.0. The molecule has 0 atom stereocenters. The Hall–Kier alpha value is -1.84. The van der Waals surface area contributed by atoms with Crippen LogP contribution in [0, 0.1) is 0 Å². The molecule has 0 saturated heterocycles. The molecule has 3 aromatic carbocycles. The van der Waals surface area contributed by atoms with Gasteiger partial charge in [0, 0.05) is 14.7 Å². The van der Waals surface area contributed by atoms with Crippen LogP contribution in [0.1, 0.15) is 192 Å². The van der Waals surface area contributed by atoms with Crippen LogP contribution >= 0.6 is 16.4 Å². The van der Waals surface area contributed by atoms with Crippen LogP contribution in [0.5, 0.6) is 0 Å². The second-order valence-corrected chi connectivity index (χ2v) is 22.3. The van der Waals surface area contributed by atoms with E-state index in [0.717, 1.165) is 53.2 Å². The van der Waals surface area contributed by atoms with Gasteiger partial charge in [0.25, 0.3) is 0 Å². The van der Waals surface area contributed by atoms with Gasteiger partial charge in [-0.15, -0.1) is 0 Å². The van der Waals surface area contributed by atoms with E-state index in [1.807, 2.05) is 36.4 Å². The van der Waals surface area contributed by atoms with Crippen LogP contribution in [0.2, 0.25) is 0 Å². The highest BCUT2D eigenvalue weighted by Gasteiger charge is 2.46. The predicted molar refractivity (Wildman–Crippen MR) is 233 cm³/mol. The third-order valence-electron chi connectivity index (χ3n) is 11.1. The van der Waals surface area contributed by atoms with Crippen LogP contribution in [0.15, 0.2) is 87.5 Å². The first-order chi connectivity index (χ1) is 25.9. The molecule has 3 aromatic rings. The third kappa shape index (κ3) is 16.0. The minimum Gasteiger partial charge on any atom is -0.317 e. The number of aryl methyl sites for hydroxylation is 3. The van der Waals surface area contributed by atoms with Crippen molar-refractivity contribution in [3.8, 4) is 0 Å². The highest BCUT2D eigenvalue weighted by molar-refractivity contribution is 8.76. The van der Waals surface area contributed by atoms with E-state index in [1.54, 1.807) is 0 Å². The van der Waals surface area contributed by atoms with Crippen molar-refractivity contribution in [3.63, 3.8) is 0 Å². The van der Waals surface area contributed by atoms with E-state index >= 15 is 0 Å². The van der Waals surface area contributed by atoms with E-state index in [0.29, 0.717) is 0 Å². The fourth-order valence-electron chi connectivity index (χ4n) is 7.77. The van der Waals surface area contributed by atoms with Crippen molar-refractivity contribution in [2.75, 3.05) is 0 Å². The summed E-state index contributed by atoms with van der Waals surface area (Å²) in [5, 5.41) is 0. The summed E-state index contributed by atoms with van der Waals surface area (Å²) in [7, 11) is -2.85. The van der Waals surface area contributed by atoms with Crippen LogP contribution in [0.3, 0.4) is 0 Å². The lowest BCUT2D eigenvalue weighted by atomic mass is 10.0. The van der Waals surface area contributed by atoms with Gasteiger partial charge in [-0.2, -0.15) is 0 Å². The van der Waals surface area contributed by atoms with Gasteiger partial charge in [-0.05, 0) is 91.6 Å². The van der Waals surface area contributed by atoms with E-state index < -0.39 is 16.4 Å². The highest BCUT2D eigenvalue weighted by atomic mass is 32.8. The molecule has 0 saturated carbocycles. The Balaban J connectivity index is 1.77. The predicted octanol–water partition coefficient (Wildman–Crippen LogP) is 16.1. The first-order valence-corrected chi connectivity index (χ1v) is 25.9. The number of unbranched alkanes of at least 4 members (excludes halogenated alkanes) is 21. The second-order valence-electron chi connectivity index (χ2n) is 15.7. The van der Waals surface area contributed by atoms with E-state index in [2.05, 4.69) is 57.2 Å². The van der Waals surface area contributed by atoms with E-state index in [4.69, 9.17) is 0 Å². The zero-order chi connectivity index (χ0) is 38.0. The summed E-state index contributed by atoms with van der Waals surface area (Å²) in [6, 6.07) is 24.9. The van der Waals surface area contributed by atoms with Crippen LogP contribution < -0.4 is 0 Å².